The number of hydrogen-bond donors (Lipinski definition) is 0. The van der Waals surface area contributed by atoms with Gasteiger partial charge in [-0.3, -0.25) is 0 Å². The quantitative estimate of drug-likeness (QED) is 0.452. The fourth-order valence-corrected chi connectivity index (χ4v) is 3.83. The molecule has 2 nitrogen and oxygen atoms in total. The lowest BCUT2D eigenvalue weighted by Gasteiger charge is -2.22. The second kappa shape index (κ2) is 8.77. The molecule has 0 radical (unpaired) electrons. The lowest BCUT2D eigenvalue weighted by atomic mass is 10.4. The molecule has 0 heterocycles. The average molecular weight is 236 g/mol. The predicted molar refractivity (Wildman–Crippen MR) is 67.3 cm³/mol. The Morgan fingerprint density at radius 2 is 1.64 bits per heavy atom. The van der Waals surface area contributed by atoms with Gasteiger partial charge < -0.3 is 8.85 Å². The first kappa shape index (κ1) is 14.5. The molecule has 86 valence electrons. The molecule has 0 bridgehead atoms. The summed E-state index contributed by atoms with van der Waals surface area (Å²) in [6, 6.07) is 1.11. The van der Waals surface area contributed by atoms with Crippen LogP contribution >= 0.6 is 11.8 Å². The van der Waals surface area contributed by atoms with E-state index in [4.69, 9.17) is 8.85 Å². The van der Waals surface area contributed by atoms with Gasteiger partial charge in [0.25, 0.3) is 0 Å². The van der Waals surface area contributed by atoms with Crippen molar-refractivity contribution in [3.05, 3.63) is 0 Å². The topological polar surface area (TPSA) is 18.5 Å². The first-order valence-corrected chi connectivity index (χ1v) is 9.04. The molecule has 0 spiro atoms. The summed E-state index contributed by atoms with van der Waals surface area (Å²) < 4.78 is 10.8. The van der Waals surface area contributed by atoms with Gasteiger partial charge in [-0.05, 0) is 36.9 Å². The average Bonchev–Trinajstić information content (AvgIpc) is 2.23. The van der Waals surface area contributed by atoms with E-state index in [1.54, 1.807) is 14.2 Å². The van der Waals surface area contributed by atoms with Gasteiger partial charge in [-0.25, -0.2) is 0 Å². The highest BCUT2D eigenvalue weighted by atomic mass is 32.2. The van der Waals surface area contributed by atoms with Crippen LogP contribution in [-0.4, -0.2) is 34.3 Å². The lowest BCUT2D eigenvalue weighted by Crippen LogP contribution is -2.35. The smallest absolute Gasteiger partial charge is 0.334 e. The van der Waals surface area contributed by atoms with E-state index in [9.17, 15) is 0 Å². The summed E-state index contributed by atoms with van der Waals surface area (Å²) in [7, 11) is 1.75. The fraction of sp³-hybridized carbons (Fsp3) is 1.00. The van der Waals surface area contributed by atoms with Gasteiger partial charge in [-0.15, -0.1) is 0 Å². The molecule has 0 aromatic carbocycles. The van der Waals surface area contributed by atoms with Crippen LogP contribution in [0.4, 0.5) is 0 Å². The molecule has 0 fully saturated rings. The van der Waals surface area contributed by atoms with E-state index in [0.717, 1.165) is 6.04 Å². The molecule has 0 aliphatic rings. The molecule has 0 atom stereocenters. The summed E-state index contributed by atoms with van der Waals surface area (Å²) >= 11 is 2.05. The highest BCUT2D eigenvalue weighted by Crippen LogP contribution is 2.16. The summed E-state index contributed by atoms with van der Waals surface area (Å²) in [6.45, 7) is 4.37. The molecule has 0 saturated heterocycles. The summed E-state index contributed by atoms with van der Waals surface area (Å²) in [5.41, 5.74) is 0. The number of thioether (sulfide) groups is 1. The Kier molecular flexibility index (Phi) is 9.07. The molecule has 0 aliphatic heterocycles. The minimum Gasteiger partial charge on any atom is -0.398 e. The zero-order chi connectivity index (χ0) is 10.9. The Hall–Kier alpha value is 0.487. The van der Waals surface area contributed by atoms with E-state index in [-0.39, 0.29) is 0 Å². The summed E-state index contributed by atoms with van der Waals surface area (Å²) in [6.07, 6.45) is 3.86. The lowest BCUT2D eigenvalue weighted by molar-refractivity contribution is 0.249. The molecule has 0 N–H and O–H groups in total. The summed E-state index contributed by atoms with van der Waals surface area (Å²) in [5.74, 6) is 2.55. The molecule has 0 aromatic heterocycles. The van der Waals surface area contributed by atoms with Crippen molar-refractivity contribution in [3.8, 4) is 0 Å². The molecule has 0 aliphatic carbocycles. The van der Waals surface area contributed by atoms with E-state index in [2.05, 4.69) is 25.2 Å². The molecule has 0 amide bonds. The molecule has 0 aromatic rings. The number of unbranched alkanes of at least 4 members (excludes halogenated alkanes) is 1. The van der Waals surface area contributed by atoms with Gasteiger partial charge in [0.2, 0.25) is 0 Å². The maximum atomic E-state index is 5.42. The van der Waals surface area contributed by atoms with Crippen LogP contribution in [0.25, 0.3) is 0 Å². The van der Waals surface area contributed by atoms with Crippen molar-refractivity contribution in [3.63, 3.8) is 0 Å². The van der Waals surface area contributed by atoms with E-state index in [1.807, 2.05) is 0 Å². The first-order chi connectivity index (χ1) is 6.68. The van der Waals surface area contributed by atoms with Crippen molar-refractivity contribution in [2.45, 2.75) is 38.8 Å². The maximum absolute atomic E-state index is 5.42. The maximum Gasteiger partial charge on any atom is 0.334 e. The van der Waals surface area contributed by atoms with E-state index < -0.39 is 8.56 Å². The van der Waals surface area contributed by atoms with Gasteiger partial charge in [0.1, 0.15) is 0 Å². The van der Waals surface area contributed by atoms with Crippen molar-refractivity contribution >= 4 is 20.3 Å². The molecule has 4 heteroatoms. The Bertz CT molecular complexity index is 129. The van der Waals surface area contributed by atoms with Gasteiger partial charge >= 0.3 is 8.56 Å². The molecule has 0 unspecified atom stereocenters. The Balaban J connectivity index is 3.34. The Morgan fingerprint density at radius 1 is 1.07 bits per heavy atom. The Labute approximate surface area is 94.0 Å². The van der Waals surface area contributed by atoms with Crippen LogP contribution in [0.3, 0.4) is 0 Å². The van der Waals surface area contributed by atoms with Gasteiger partial charge in [0.05, 0.1) is 0 Å². The largest absolute Gasteiger partial charge is 0.398 e. The van der Waals surface area contributed by atoms with Crippen LogP contribution in [0.15, 0.2) is 0 Å². The van der Waals surface area contributed by atoms with E-state index >= 15 is 0 Å². The van der Waals surface area contributed by atoms with Crippen LogP contribution < -0.4 is 0 Å². The van der Waals surface area contributed by atoms with Crippen molar-refractivity contribution < 1.29 is 8.85 Å². The predicted octanol–water partition coefficient (Wildman–Crippen LogP) is 3.27. The highest BCUT2D eigenvalue weighted by Gasteiger charge is 2.27. The molecule has 0 rings (SSSR count). The second-order valence-electron chi connectivity index (χ2n) is 3.61. The second-order valence-corrected chi connectivity index (χ2v) is 8.42. The van der Waals surface area contributed by atoms with Crippen LogP contribution in [0.1, 0.15) is 26.2 Å². The van der Waals surface area contributed by atoms with Gasteiger partial charge in [-0.2, -0.15) is 11.8 Å². The first-order valence-electron chi connectivity index (χ1n) is 5.36. The standard InChI is InChI=1S/C10H24O2SSi/c1-5-6-8-13-9-7-10-14(4,11-2)12-3/h5-10H2,1-4H3. The SMILES string of the molecule is CCCCSCCC[Si](C)(OC)OC. The van der Waals surface area contributed by atoms with Crippen molar-refractivity contribution in [2.24, 2.45) is 0 Å². The van der Waals surface area contributed by atoms with Gasteiger partial charge in [0.15, 0.2) is 0 Å². The molecule has 0 saturated carbocycles. The van der Waals surface area contributed by atoms with E-state index in [0.29, 0.717) is 0 Å². The fourth-order valence-electron chi connectivity index (χ4n) is 1.13. The third kappa shape index (κ3) is 6.87. The van der Waals surface area contributed by atoms with Crippen LogP contribution in [0, 0.1) is 0 Å². The Morgan fingerprint density at radius 3 is 2.14 bits per heavy atom. The minimum atomic E-state index is -1.78. The molecular formula is C10H24O2SSi. The summed E-state index contributed by atoms with van der Waals surface area (Å²) in [4.78, 5) is 0. The molecular weight excluding hydrogens is 212 g/mol. The van der Waals surface area contributed by atoms with Crippen molar-refractivity contribution in [1.82, 2.24) is 0 Å². The summed E-state index contributed by atoms with van der Waals surface area (Å²) in [5, 5.41) is 0. The monoisotopic (exact) mass is 236 g/mol. The van der Waals surface area contributed by atoms with Crippen LogP contribution in [0.5, 0.6) is 0 Å². The minimum absolute atomic E-state index is 1.11. The number of hydrogen-bond acceptors (Lipinski definition) is 3. The van der Waals surface area contributed by atoms with E-state index in [1.165, 1.54) is 30.8 Å². The van der Waals surface area contributed by atoms with Crippen LogP contribution in [-0.2, 0) is 8.85 Å². The van der Waals surface area contributed by atoms with Crippen molar-refractivity contribution in [2.75, 3.05) is 25.7 Å². The number of rotatable bonds is 9. The highest BCUT2D eigenvalue weighted by molar-refractivity contribution is 7.99. The zero-order valence-corrected chi connectivity index (χ0v) is 11.8. The third-order valence-electron chi connectivity index (χ3n) is 2.43. The van der Waals surface area contributed by atoms with Gasteiger partial charge in [0, 0.05) is 14.2 Å². The third-order valence-corrected chi connectivity index (χ3v) is 6.57. The zero-order valence-electron chi connectivity index (χ0n) is 9.97. The van der Waals surface area contributed by atoms with Crippen molar-refractivity contribution in [1.29, 1.82) is 0 Å². The normalized spacial score (nSPS) is 12.0. The van der Waals surface area contributed by atoms with Crippen LogP contribution in [0.2, 0.25) is 12.6 Å². The molecule has 14 heavy (non-hydrogen) atoms. The van der Waals surface area contributed by atoms with Gasteiger partial charge in [-0.1, -0.05) is 13.3 Å².